The van der Waals surface area contributed by atoms with Crippen LogP contribution in [-0.2, 0) is 20.6 Å². The molecule has 1 N–H and O–H groups in total. The molecule has 1 aliphatic carbocycles. The second kappa shape index (κ2) is 8.79. The van der Waals surface area contributed by atoms with Crippen molar-refractivity contribution in [2.75, 3.05) is 6.54 Å². The van der Waals surface area contributed by atoms with Crippen molar-refractivity contribution in [3.8, 4) is 0 Å². The highest BCUT2D eigenvalue weighted by Gasteiger charge is 2.21. The molecule has 4 rings (SSSR count). The summed E-state index contributed by atoms with van der Waals surface area (Å²) in [6.07, 6.45) is 7.78. The van der Waals surface area contributed by atoms with Gasteiger partial charge in [0.2, 0.25) is 0 Å². The van der Waals surface area contributed by atoms with Crippen molar-refractivity contribution in [1.29, 1.82) is 0 Å². The summed E-state index contributed by atoms with van der Waals surface area (Å²) in [5, 5.41) is 3.37. The normalized spacial score (nSPS) is 13.9. The Bertz CT molecular complexity index is 1260. The zero-order chi connectivity index (χ0) is 22.0. The van der Waals surface area contributed by atoms with E-state index in [0.717, 1.165) is 29.4 Å². The van der Waals surface area contributed by atoms with Gasteiger partial charge in [-0.25, -0.2) is 4.79 Å². The number of aryl methyl sites for hydroxylation is 1. The van der Waals surface area contributed by atoms with Crippen LogP contribution in [0, 0.1) is 0 Å². The molecule has 3 aromatic rings. The number of nitrogens with one attached hydrogen (secondary N) is 1. The second-order valence-corrected chi connectivity index (χ2v) is 8.16. The Morgan fingerprint density at radius 1 is 1.06 bits per heavy atom. The molecule has 0 fully saturated rings. The van der Waals surface area contributed by atoms with E-state index in [9.17, 15) is 14.4 Å². The molecule has 1 aromatic carbocycles. The Kier molecular flexibility index (Phi) is 5.93. The van der Waals surface area contributed by atoms with Crippen LogP contribution in [0.2, 0.25) is 0 Å². The van der Waals surface area contributed by atoms with E-state index in [1.807, 2.05) is 30.3 Å². The van der Waals surface area contributed by atoms with E-state index in [1.165, 1.54) is 30.0 Å². The predicted octanol–water partition coefficient (Wildman–Crippen LogP) is 2.71. The van der Waals surface area contributed by atoms with Crippen LogP contribution in [-0.4, -0.2) is 26.2 Å². The number of allylic oxidation sites excluding steroid dienone is 1. The summed E-state index contributed by atoms with van der Waals surface area (Å²) in [6.45, 7) is 0.938. The number of carbonyl (C=O) groups is 1. The van der Waals surface area contributed by atoms with Gasteiger partial charge in [0.15, 0.2) is 0 Å². The Morgan fingerprint density at radius 3 is 2.55 bits per heavy atom. The molecule has 2 heterocycles. The van der Waals surface area contributed by atoms with Crippen LogP contribution in [0.3, 0.4) is 0 Å². The molecule has 0 bridgehead atoms. The summed E-state index contributed by atoms with van der Waals surface area (Å²) in [4.78, 5) is 38.4. The monoisotopic (exact) mass is 420 g/mol. The van der Waals surface area contributed by atoms with E-state index < -0.39 is 11.2 Å². The van der Waals surface area contributed by atoms with Gasteiger partial charge in [0, 0.05) is 27.2 Å². The van der Waals surface area contributed by atoms with Gasteiger partial charge in [0.1, 0.15) is 11.3 Å². The Labute approximate surface area is 180 Å². The maximum Gasteiger partial charge on any atom is 0.332 e. The highest BCUT2D eigenvalue weighted by Crippen LogP contribution is 2.20. The molecule has 2 aromatic heterocycles. The van der Waals surface area contributed by atoms with Crippen molar-refractivity contribution in [2.45, 2.75) is 38.6 Å². The first-order chi connectivity index (χ1) is 15.0. The molecule has 7 nitrogen and oxygen atoms in total. The number of hydrogen-bond donors (Lipinski definition) is 1. The van der Waals surface area contributed by atoms with E-state index in [-0.39, 0.29) is 5.91 Å². The van der Waals surface area contributed by atoms with Gasteiger partial charge >= 0.3 is 5.69 Å². The molecule has 31 heavy (non-hydrogen) atoms. The van der Waals surface area contributed by atoms with Gasteiger partial charge in [-0.1, -0.05) is 42.0 Å². The number of amides is 1. The van der Waals surface area contributed by atoms with E-state index in [1.54, 1.807) is 17.7 Å². The summed E-state index contributed by atoms with van der Waals surface area (Å²) in [5.41, 5.74) is 2.40. The number of carbonyl (C=O) groups excluding carboxylic acids is 1. The van der Waals surface area contributed by atoms with Crippen LogP contribution in [0.1, 0.15) is 48.2 Å². The quantitative estimate of drug-likeness (QED) is 0.623. The fourth-order valence-corrected chi connectivity index (χ4v) is 4.31. The van der Waals surface area contributed by atoms with E-state index >= 15 is 0 Å². The largest absolute Gasteiger partial charge is 0.350 e. The summed E-state index contributed by atoms with van der Waals surface area (Å²) < 4.78 is 4.28. The van der Waals surface area contributed by atoms with Crippen LogP contribution in [0.5, 0.6) is 0 Å². The van der Waals surface area contributed by atoms with Gasteiger partial charge in [-0.05, 0) is 43.7 Å². The molecule has 1 aliphatic rings. The SMILES string of the molecule is Cn1c(=O)c2cc(C(=O)NCCC3=CCCCC3)n(Cc3ccccc3)c2n(C)c1=O. The van der Waals surface area contributed by atoms with Crippen LogP contribution in [0.25, 0.3) is 11.0 Å². The van der Waals surface area contributed by atoms with Gasteiger partial charge in [0.25, 0.3) is 11.5 Å². The van der Waals surface area contributed by atoms with E-state index in [0.29, 0.717) is 29.8 Å². The molecule has 0 atom stereocenters. The lowest BCUT2D eigenvalue weighted by molar-refractivity contribution is 0.0945. The van der Waals surface area contributed by atoms with E-state index in [2.05, 4.69) is 11.4 Å². The molecule has 0 saturated heterocycles. The smallest absolute Gasteiger partial charge is 0.332 e. The van der Waals surface area contributed by atoms with Crippen LogP contribution >= 0.6 is 0 Å². The minimum absolute atomic E-state index is 0.238. The number of rotatable bonds is 6. The first kappa shape index (κ1) is 20.9. The zero-order valence-corrected chi connectivity index (χ0v) is 18.1. The van der Waals surface area contributed by atoms with Gasteiger partial charge in [-0.2, -0.15) is 0 Å². The number of aromatic nitrogens is 3. The first-order valence-electron chi connectivity index (χ1n) is 10.8. The average molecular weight is 421 g/mol. The average Bonchev–Trinajstić information content (AvgIpc) is 3.17. The van der Waals surface area contributed by atoms with Crippen molar-refractivity contribution in [2.24, 2.45) is 14.1 Å². The third-order valence-corrected chi connectivity index (χ3v) is 6.03. The summed E-state index contributed by atoms with van der Waals surface area (Å²) in [5.74, 6) is -0.238. The molecule has 0 saturated carbocycles. The van der Waals surface area contributed by atoms with Crippen molar-refractivity contribution in [3.05, 3.63) is 80.1 Å². The van der Waals surface area contributed by atoms with Crippen LogP contribution in [0.15, 0.2) is 57.6 Å². The molecule has 162 valence electrons. The number of nitrogens with zero attached hydrogens (tertiary/aromatic N) is 3. The maximum absolute atomic E-state index is 13.1. The fourth-order valence-electron chi connectivity index (χ4n) is 4.31. The Hall–Kier alpha value is -3.35. The fraction of sp³-hybridized carbons (Fsp3) is 0.375. The molecular weight excluding hydrogens is 392 g/mol. The van der Waals surface area contributed by atoms with Gasteiger partial charge in [-0.3, -0.25) is 18.7 Å². The summed E-state index contributed by atoms with van der Waals surface area (Å²) in [6, 6.07) is 11.3. The van der Waals surface area contributed by atoms with Gasteiger partial charge < -0.3 is 9.88 Å². The van der Waals surface area contributed by atoms with Crippen molar-refractivity contribution in [1.82, 2.24) is 19.0 Å². The summed E-state index contributed by atoms with van der Waals surface area (Å²) in [7, 11) is 3.08. The summed E-state index contributed by atoms with van der Waals surface area (Å²) >= 11 is 0. The molecule has 1 amide bonds. The Balaban J connectivity index is 1.71. The molecular formula is C24H28N4O3. The van der Waals surface area contributed by atoms with E-state index in [4.69, 9.17) is 0 Å². The van der Waals surface area contributed by atoms with Crippen LogP contribution < -0.4 is 16.6 Å². The maximum atomic E-state index is 13.1. The second-order valence-electron chi connectivity index (χ2n) is 8.16. The van der Waals surface area contributed by atoms with Crippen molar-refractivity contribution < 1.29 is 4.79 Å². The lowest BCUT2D eigenvalue weighted by atomic mass is 9.97. The predicted molar refractivity (Wildman–Crippen MR) is 121 cm³/mol. The molecule has 0 spiro atoms. The third-order valence-electron chi connectivity index (χ3n) is 6.03. The molecule has 7 heteroatoms. The lowest BCUT2D eigenvalue weighted by Crippen LogP contribution is -2.37. The standard InChI is InChI=1S/C24H28N4O3/c1-26-22-19(23(30)27(2)24(26)31)15-20(28(22)16-18-11-7-4-8-12-18)21(29)25-14-13-17-9-5-3-6-10-17/h4,7-9,11-12,15H,3,5-6,10,13-14,16H2,1-2H3,(H,25,29). The highest BCUT2D eigenvalue weighted by atomic mass is 16.2. The number of fused-ring (bicyclic) bond motifs is 1. The topological polar surface area (TPSA) is 78.0 Å². The first-order valence-corrected chi connectivity index (χ1v) is 10.8. The highest BCUT2D eigenvalue weighted by molar-refractivity contribution is 5.98. The van der Waals surface area contributed by atoms with Gasteiger partial charge in [0.05, 0.1) is 5.39 Å². The number of hydrogen-bond acceptors (Lipinski definition) is 3. The van der Waals surface area contributed by atoms with Gasteiger partial charge in [-0.15, -0.1) is 0 Å². The third kappa shape index (κ3) is 4.13. The lowest BCUT2D eigenvalue weighted by Gasteiger charge is -2.15. The minimum Gasteiger partial charge on any atom is -0.350 e. The number of benzene rings is 1. The van der Waals surface area contributed by atoms with Crippen molar-refractivity contribution in [3.63, 3.8) is 0 Å². The molecule has 0 radical (unpaired) electrons. The molecule has 0 unspecified atom stereocenters. The molecule has 0 aliphatic heterocycles. The minimum atomic E-state index is -0.416. The van der Waals surface area contributed by atoms with Crippen LogP contribution in [0.4, 0.5) is 0 Å². The Morgan fingerprint density at radius 2 is 1.84 bits per heavy atom. The van der Waals surface area contributed by atoms with Crippen molar-refractivity contribution >= 4 is 16.9 Å². The zero-order valence-electron chi connectivity index (χ0n) is 18.1.